The number of carbonyl (C=O) groups excluding carboxylic acids is 1. The highest BCUT2D eigenvalue weighted by Crippen LogP contribution is 2.33. The third kappa shape index (κ3) is 2.91. The topological polar surface area (TPSA) is 72.2 Å². The molecule has 2 rings (SSSR count). The number of esters is 1. The highest BCUT2D eigenvalue weighted by Gasteiger charge is 2.21. The SMILES string of the molecule is COC(=O)Cc1c(C#N)c(OC)nc(C)c1-c1ccccc1. The molecule has 0 aliphatic heterocycles. The Hall–Kier alpha value is -2.87. The summed E-state index contributed by atoms with van der Waals surface area (Å²) in [5.74, 6) is -0.195. The van der Waals surface area contributed by atoms with E-state index in [-0.39, 0.29) is 17.9 Å². The van der Waals surface area contributed by atoms with Crippen molar-refractivity contribution in [1.82, 2.24) is 4.98 Å². The van der Waals surface area contributed by atoms with Crippen LogP contribution in [0, 0.1) is 18.3 Å². The van der Waals surface area contributed by atoms with E-state index in [4.69, 9.17) is 9.47 Å². The Morgan fingerprint density at radius 2 is 1.95 bits per heavy atom. The highest BCUT2D eigenvalue weighted by molar-refractivity contribution is 5.81. The van der Waals surface area contributed by atoms with Gasteiger partial charge >= 0.3 is 5.97 Å². The largest absolute Gasteiger partial charge is 0.480 e. The number of ether oxygens (including phenoxy) is 2. The predicted molar refractivity (Wildman–Crippen MR) is 81.4 cm³/mol. The Balaban J connectivity index is 2.76. The summed E-state index contributed by atoms with van der Waals surface area (Å²) in [7, 11) is 2.77. The van der Waals surface area contributed by atoms with E-state index in [1.807, 2.05) is 37.3 Å². The molecule has 0 aliphatic carbocycles. The monoisotopic (exact) mass is 296 g/mol. The van der Waals surface area contributed by atoms with E-state index in [2.05, 4.69) is 11.1 Å². The number of pyridine rings is 1. The van der Waals surface area contributed by atoms with Gasteiger partial charge < -0.3 is 9.47 Å². The molecule has 0 saturated carbocycles. The normalized spacial score (nSPS) is 9.91. The number of hydrogen-bond donors (Lipinski definition) is 0. The van der Waals surface area contributed by atoms with Crippen LogP contribution in [0.5, 0.6) is 5.88 Å². The highest BCUT2D eigenvalue weighted by atomic mass is 16.5. The van der Waals surface area contributed by atoms with Gasteiger partial charge in [0.1, 0.15) is 11.6 Å². The maximum atomic E-state index is 11.8. The summed E-state index contributed by atoms with van der Waals surface area (Å²) in [5, 5.41) is 9.46. The van der Waals surface area contributed by atoms with Gasteiger partial charge in [-0.2, -0.15) is 5.26 Å². The Morgan fingerprint density at radius 3 is 2.50 bits per heavy atom. The van der Waals surface area contributed by atoms with Gasteiger partial charge in [-0.1, -0.05) is 30.3 Å². The summed E-state index contributed by atoms with van der Waals surface area (Å²) in [4.78, 5) is 16.1. The number of carbonyl (C=O) groups is 1. The molecule has 0 saturated heterocycles. The number of nitriles is 1. The predicted octanol–water partition coefficient (Wildman–Crippen LogP) is 2.65. The van der Waals surface area contributed by atoms with Gasteiger partial charge in [0.25, 0.3) is 0 Å². The van der Waals surface area contributed by atoms with E-state index in [0.717, 1.165) is 11.1 Å². The molecular weight excluding hydrogens is 280 g/mol. The van der Waals surface area contributed by atoms with E-state index in [1.165, 1.54) is 14.2 Å². The maximum Gasteiger partial charge on any atom is 0.310 e. The van der Waals surface area contributed by atoms with Crippen molar-refractivity contribution in [3.05, 3.63) is 47.2 Å². The number of benzene rings is 1. The molecule has 2 aromatic rings. The van der Waals surface area contributed by atoms with Crippen LogP contribution in [-0.2, 0) is 16.0 Å². The first-order valence-electron chi connectivity index (χ1n) is 6.72. The average Bonchev–Trinajstić information content (AvgIpc) is 2.55. The van der Waals surface area contributed by atoms with Crippen LogP contribution in [0.15, 0.2) is 30.3 Å². The van der Waals surface area contributed by atoms with E-state index < -0.39 is 5.97 Å². The minimum atomic E-state index is -0.415. The quantitative estimate of drug-likeness (QED) is 0.811. The summed E-state index contributed by atoms with van der Waals surface area (Å²) >= 11 is 0. The first-order chi connectivity index (χ1) is 10.6. The third-order valence-corrected chi connectivity index (χ3v) is 3.36. The molecule has 0 fully saturated rings. The number of hydrogen-bond acceptors (Lipinski definition) is 5. The van der Waals surface area contributed by atoms with Gasteiger partial charge in [0, 0.05) is 11.3 Å². The zero-order valence-corrected chi connectivity index (χ0v) is 12.7. The first-order valence-corrected chi connectivity index (χ1v) is 6.72. The van der Waals surface area contributed by atoms with Gasteiger partial charge in [0.05, 0.1) is 20.6 Å². The lowest BCUT2D eigenvalue weighted by molar-refractivity contribution is -0.139. The summed E-state index contributed by atoms with van der Waals surface area (Å²) in [6, 6.07) is 11.6. The molecule has 22 heavy (non-hydrogen) atoms. The van der Waals surface area contributed by atoms with Crippen molar-refractivity contribution < 1.29 is 14.3 Å². The molecule has 5 heteroatoms. The van der Waals surface area contributed by atoms with Gasteiger partial charge in [-0.25, -0.2) is 4.98 Å². The van der Waals surface area contributed by atoms with Crippen molar-refractivity contribution in [2.24, 2.45) is 0 Å². The van der Waals surface area contributed by atoms with Crippen LogP contribution in [0.1, 0.15) is 16.8 Å². The maximum absolute atomic E-state index is 11.8. The lowest BCUT2D eigenvalue weighted by Crippen LogP contribution is -2.11. The fourth-order valence-electron chi connectivity index (χ4n) is 2.38. The molecule has 112 valence electrons. The molecule has 1 heterocycles. The standard InChI is InChI=1S/C17H16N2O3/c1-11-16(12-7-5-4-6-8-12)13(9-15(20)21-2)14(10-18)17(19-11)22-3/h4-8H,9H2,1-3H3. The van der Waals surface area contributed by atoms with Crippen LogP contribution in [0.4, 0.5) is 0 Å². The zero-order chi connectivity index (χ0) is 16.1. The van der Waals surface area contributed by atoms with Gasteiger partial charge in [-0.05, 0) is 18.1 Å². The van der Waals surface area contributed by atoms with Crippen molar-refractivity contribution in [2.45, 2.75) is 13.3 Å². The summed E-state index contributed by atoms with van der Waals surface area (Å²) in [6.07, 6.45) is -0.0106. The van der Waals surface area contributed by atoms with Crippen molar-refractivity contribution in [1.29, 1.82) is 5.26 Å². The number of aryl methyl sites for hydroxylation is 1. The molecule has 0 aliphatic rings. The Kier molecular flexibility index (Phi) is 4.74. The van der Waals surface area contributed by atoms with E-state index in [9.17, 15) is 10.1 Å². The lowest BCUT2D eigenvalue weighted by Gasteiger charge is -2.16. The Bertz CT molecular complexity index is 734. The first kappa shape index (κ1) is 15.5. The van der Waals surface area contributed by atoms with Crippen LogP contribution < -0.4 is 4.74 Å². The van der Waals surface area contributed by atoms with Gasteiger partial charge in [0.15, 0.2) is 0 Å². The molecule has 0 unspecified atom stereocenters. The number of nitrogens with zero attached hydrogens (tertiary/aromatic N) is 2. The van der Waals surface area contributed by atoms with Crippen LogP contribution in [0.3, 0.4) is 0 Å². The fourth-order valence-corrected chi connectivity index (χ4v) is 2.38. The van der Waals surface area contributed by atoms with Crippen LogP contribution in [0.25, 0.3) is 11.1 Å². The summed E-state index contributed by atoms with van der Waals surface area (Å²) in [5.41, 5.74) is 3.19. The van der Waals surface area contributed by atoms with E-state index >= 15 is 0 Å². The second-order valence-electron chi connectivity index (χ2n) is 4.67. The summed E-state index contributed by atoms with van der Waals surface area (Å²) in [6.45, 7) is 1.83. The molecule has 0 bridgehead atoms. The van der Waals surface area contributed by atoms with Crippen molar-refractivity contribution in [2.75, 3.05) is 14.2 Å². The molecule has 1 aromatic carbocycles. The van der Waals surface area contributed by atoms with Gasteiger partial charge in [0.2, 0.25) is 5.88 Å². The molecular formula is C17H16N2O3. The second kappa shape index (κ2) is 6.72. The van der Waals surface area contributed by atoms with Crippen molar-refractivity contribution in [3.63, 3.8) is 0 Å². The number of aromatic nitrogens is 1. The molecule has 5 nitrogen and oxygen atoms in total. The summed E-state index contributed by atoms with van der Waals surface area (Å²) < 4.78 is 9.93. The smallest absolute Gasteiger partial charge is 0.310 e. The molecule has 0 amide bonds. The Morgan fingerprint density at radius 1 is 1.27 bits per heavy atom. The van der Waals surface area contributed by atoms with Crippen molar-refractivity contribution in [3.8, 4) is 23.1 Å². The Labute approximate surface area is 129 Å². The molecule has 0 N–H and O–H groups in total. The average molecular weight is 296 g/mol. The number of rotatable bonds is 4. The minimum absolute atomic E-state index is 0.0106. The van der Waals surface area contributed by atoms with Crippen LogP contribution in [-0.4, -0.2) is 25.2 Å². The molecule has 0 spiro atoms. The van der Waals surface area contributed by atoms with E-state index in [0.29, 0.717) is 11.3 Å². The van der Waals surface area contributed by atoms with E-state index in [1.54, 1.807) is 0 Å². The van der Waals surface area contributed by atoms with Crippen molar-refractivity contribution >= 4 is 5.97 Å². The molecule has 0 radical (unpaired) electrons. The van der Waals surface area contributed by atoms with Gasteiger partial charge in [-0.15, -0.1) is 0 Å². The lowest BCUT2D eigenvalue weighted by atomic mass is 9.93. The zero-order valence-electron chi connectivity index (χ0n) is 12.7. The molecule has 1 aromatic heterocycles. The van der Waals surface area contributed by atoms with Crippen LogP contribution >= 0.6 is 0 Å². The third-order valence-electron chi connectivity index (χ3n) is 3.36. The molecule has 0 atom stereocenters. The number of methoxy groups -OCH3 is 2. The minimum Gasteiger partial charge on any atom is -0.480 e. The van der Waals surface area contributed by atoms with Gasteiger partial charge in [-0.3, -0.25) is 4.79 Å². The van der Waals surface area contributed by atoms with Crippen LogP contribution in [0.2, 0.25) is 0 Å². The fraction of sp³-hybridized carbons (Fsp3) is 0.235. The second-order valence-corrected chi connectivity index (χ2v) is 4.67.